The summed E-state index contributed by atoms with van der Waals surface area (Å²) in [7, 11) is 0. The van der Waals surface area contributed by atoms with Crippen LogP contribution < -0.4 is 0 Å². The molecule has 0 unspecified atom stereocenters. The molecule has 1 aliphatic rings. The van der Waals surface area contributed by atoms with Crippen molar-refractivity contribution in [2.24, 2.45) is 9.98 Å². The van der Waals surface area contributed by atoms with E-state index in [0.29, 0.717) is 18.5 Å². The van der Waals surface area contributed by atoms with Crippen molar-refractivity contribution in [1.82, 2.24) is 0 Å². The van der Waals surface area contributed by atoms with Gasteiger partial charge in [-0.05, 0) is 6.08 Å². The Morgan fingerprint density at radius 2 is 2.56 bits per heavy atom. The van der Waals surface area contributed by atoms with Crippen LogP contribution in [0.4, 0.5) is 0 Å². The summed E-state index contributed by atoms with van der Waals surface area (Å²) in [6, 6.07) is 0. The average Bonchev–Trinajstić information content (AvgIpc) is 2.13. The predicted molar refractivity (Wildman–Crippen MR) is 36.0 cm³/mol. The normalized spacial score (nSPS) is 16.7. The number of carbonyl (C=O) groups excluding carboxylic acids is 1. The summed E-state index contributed by atoms with van der Waals surface area (Å²) in [4.78, 5) is 17.7. The summed E-state index contributed by atoms with van der Waals surface area (Å²) in [5.74, 6) is 0. The van der Waals surface area contributed by atoms with Gasteiger partial charge in [0, 0.05) is 6.20 Å². The van der Waals surface area contributed by atoms with Gasteiger partial charge < -0.3 is 0 Å². The van der Waals surface area contributed by atoms with Gasteiger partial charge in [0.25, 0.3) is 0 Å². The first kappa shape index (κ1) is 5.88. The van der Waals surface area contributed by atoms with Gasteiger partial charge in [-0.15, -0.1) is 0 Å². The minimum atomic E-state index is 0.403. The summed E-state index contributed by atoms with van der Waals surface area (Å²) in [6.45, 7) is 0.550. The van der Waals surface area contributed by atoms with Gasteiger partial charge in [0.05, 0.1) is 12.8 Å². The third-order valence-electron chi connectivity index (χ3n) is 0.898. The quantitative estimate of drug-likeness (QED) is 0.459. The van der Waals surface area contributed by atoms with Crippen molar-refractivity contribution in [3.8, 4) is 0 Å². The number of carbonyl (C=O) groups is 1. The van der Waals surface area contributed by atoms with Crippen LogP contribution in [0.15, 0.2) is 22.3 Å². The molecule has 0 radical (unpaired) electrons. The average molecular weight is 122 g/mol. The van der Waals surface area contributed by atoms with Crippen LogP contribution in [-0.4, -0.2) is 24.8 Å². The number of rotatable bonds is 1. The summed E-state index contributed by atoms with van der Waals surface area (Å²) >= 11 is 0. The van der Waals surface area contributed by atoms with E-state index in [9.17, 15) is 4.79 Å². The van der Waals surface area contributed by atoms with Gasteiger partial charge in [0.15, 0.2) is 6.29 Å². The van der Waals surface area contributed by atoms with E-state index >= 15 is 0 Å². The molecule has 0 spiro atoms. The molecular formula is C6H6N2O. The van der Waals surface area contributed by atoms with Gasteiger partial charge in [0.2, 0.25) is 0 Å². The second-order valence-electron chi connectivity index (χ2n) is 1.55. The third-order valence-corrected chi connectivity index (χ3v) is 0.898. The van der Waals surface area contributed by atoms with E-state index < -0.39 is 0 Å². The fraction of sp³-hybridized carbons (Fsp3) is 0.167. The van der Waals surface area contributed by atoms with Crippen LogP contribution in [0, 0.1) is 0 Å². The topological polar surface area (TPSA) is 41.8 Å². The molecule has 1 rings (SSSR count). The lowest BCUT2D eigenvalue weighted by molar-refractivity contribution is -0.102. The standard InChI is InChI=1S/C6H6N2O/c9-5-6-4-7-2-1-3-8-6/h1-2,4-5H,3H2. The molecule has 0 amide bonds. The lowest BCUT2D eigenvalue weighted by Gasteiger charge is -1.80. The van der Waals surface area contributed by atoms with E-state index in [-0.39, 0.29) is 0 Å². The predicted octanol–water partition coefficient (Wildman–Crippen LogP) is 0.224. The molecule has 1 aliphatic heterocycles. The van der Waals surface area contributed by atoms with Crippen LogP contribution in [-0.2, 0) is 4.79 Å². The van der Waals surface area contributed by atoms with Gasteiger partial charge in [-0.3, -0.25) is 14.8 Å². The summed E-state index contributed by atoms with van der Waals surface area (Å²) in [6.07, 6.45) is 5.54. The zero-order valence-corrected chi connectivity index (χ0v) is 4.82. The zero-order valence-electron chi connectivity index (χ0n) is 4.82. The van der Waals surface area contributed by atoms with Crippen molar-refractivity contribution in [1.29, 1.82) is 0 Å². The molecule has 0 aromatic rings. The smallest absolute Gasteiger partial charge is 0.169 e. The van der Waals surface area contributed by atoms with Crippen LogP contribution in [0.1, 0.15) is 0 Å². The Kier molecular flexibility index (Phi) is 1.90. The van der Waals surface area contributed by atoms with Crippen LogP contribution in [0.5, 0.6) is 0 Å². The number of aliphatic imine (C=N–C) groups is 2. The first-order valence-corrected chi connectivity index (χ1v) is 2.61. The highest BCUT2D eigenvalue weighted by Gasteiger charge is 1.90. The van der Waals surface area contributed by atoms with E-state index in [2.05, 4.69) is 9.98 Å². The van der Waals surface area contributed by atoms with Crippen LogP contribution in [0.2, 0.25) is 0 Å². The van der Waals surface area contributed by atoms with Crippen molar-refractivity contribution in [2.75, 3.05) is 6.54 Å². The van der Waals surface area contributed by atoms with Crippen molar-refractivity contribution in [3.63, 3.8) is 0 Å². The first-order valence-electron chi connectivity index (χ1n) is 2.61. The van der Waals surface area contributed by atoms with Gasteiger partial charge in [-0.25, -0.2) is 0 Å². The number of aldehydes is 1. The van der Waals surface area contributed by atoms with Crippen LogP contribution in [0.25, 0.3) is 0 Å². The molecule has 3 nitrogen and oxygen atoms in total. The van der Waals surface area contributed by atoms with Crippen molar-refractivity contribution in [2.45, 2.75) is 0 Å². The molecule has 46 valence electrons. The minimum absolute atomic E-state index is 0.403. The molecule has 0 atom stereocenters. The SMILES string of the molecule is O=CC1=NCC=CN=C1. The lowest BCUT2D eigenvalue weighted by Crippen LogP contribution is -2.00. The molecule has 0 saturated carbocycles. The lowest BCUT2D eigenvalue weighted by atomic mass is 10.4. The molecule has 0 fully saturated rings. The molecule has 0 saturated heterocycles. The highest BCUT2D eigenvalue weighted by atomic mass is 16.1. The number of hydrogen-bond acceptors (Lipinski definition) is 3. The van der Waals surface area contributed by atoms with Gasteiger partial charge in [-0.2, -0.15) is 0 Å². The highest BCUT2D eigenvalue weighted by Crippen LogP contribution is 1.83. The Morgan fingerprint density at radius 1 is 1.67 bits per heavy atom. The number of hydrogen-bond donors (Lipinski definition) is 0. The van der Waals surface area contributed by atoms with E-state index in [1.54, 1.807) is 12.3 Å². The fourth-order valence-corrected chi connectivity index (χ4v) is 0.494. The Morgan fingerprint density at radius 3 is 3.33 bits per heavy atom. The minimum Gasteiger partial charge on any atom is -0.296 e. The molecular weight excluding hydrogens is 116 g/mol. The Hall–Kier alpha value is -1.25. The second-order valence-corrected chi connectivity index (χ2v) is 1.55. The van der Waals surface area contributed by atoms with Crippen LogP contribution >= 0.6 is 0 Å². The molecule has 3 heteroatoms. The Bertz CT molecular complexity index is 191. The first-order chi connectivity index (χ1) is 4.43. The highest BCUT2D eigenvalue weighted by molar-refractivity contribution is 6.54. The molecule has 0 aliphatic carbocycles. The van der Waals surface area contributed by atoms with E-state index in [0.717, 1.165) is 0 Å². The van der Waals surface area contributed by atoms with Crippen molar-refractivity contribution in [3.05, 3.63) is 12.3 Å². The van der Waals surface area contributed by atoms with Gasteiger partial charge >= 0.3 is 0 Å². The van der Waals surface area contributed by atoms with Gasteiger partial charge in [0.1, 0.15) is 5.71 Å². The molecule has 0 N–H and O–H groups in total. The second kappa shape index (κ2) is 2.91. The van der Waals surface area contributed by atoms with Gasteiger partial charge in [-0.1, -0.05) is 0 Å². The third kappa shape index (κ3) is 1.60. The molecule has 0 bridgehead atoms. The maximum atomic E-state index is 10.1. The largest absolute Gasteiger partial charge is 0.296 e. The molecule has 0 aromatic carbocycles. The summed E-state index contributed by atoms with van der Waals surface area (Å²) < 4.78 is 0. The van der Waals surface area contributed by atoms with Crippen molar-refractivity contribution < 1.29 is 4.79 Å². The molecule has 0 aromatic heterocycles. The Labute approximate surface area is 52.8 Å². The molecule has 1 heterocycles. The van der Waals surface area contributed by atoms with E-state index in [1.165, 1.54) is 6.21 Å². The monoisotopic (exact) mass is 122 g/mol. The van der Waals surface area contributed by atoms with Crippen molar-refractivity contribution >= 4 is 18.2 Å². The fourth-order valence-electron chi connectivity index (χ4n) is 0.494. The molecule has 9 heavy (non-hydrogen) atoms. The van der Waals surface area contributed by atoms with E-state index in [1.807, 2.05) is 0 Å². The number of nitrogens with zero attached hydrogens (tertiary/aromatic N) is 2. The summed E-state index contributed by atoms with van der Waals surface area (Å²) in [5.41, 5.74) is 0.403. The maximum Gasteiger partial charge on any atom is 0.169 e. The summed E-state index contributed by atoms with van der Waals surface area (Å²) in [5, 5.41) is 0. The zero-order chi connectivity index (χ0) is 6.53. The van der Waals surface area contributed by atoms with E-state index in [4.69, 9.17) is 0 Å². The van der Waals surface area contributed by atoms with Crippen LogP contribution in [0.3, 0.4) is 0 Å². The Balaban J connectivity index is 2.74. The maximum absolute atomic E-state index is 10.1.